The monoisotopic (exact) mass is 371 g/mol. The van der Waals surface area contributed by atoms with Gasteiger partial charge < -0.3 is 4.90 Å². The Morgan fingerprint density at radius 1 is 1.04 bits per heavy atom. The van der Waals surface area contributed by atoms with Gasteiger partial charge in [0.25, 0.3) is 0 Å². The van der Waals surface area contributed by atoms with E-state index in [9.17, 15) is 8.42 Å². The number of nitrogens with two attached hydrogens (primary N) is 1. The lowest BCUT2D eigenvalue weighted by molar-refractivity contribution is 0.386. The maximum atomic E-state index is 11.4. The second-order valence-corrected chi connectivity index (χ2v) is 7.86. The van der Waals surface area contributed by atoms with Gasteiger partial charge in [0.1, 0.15) is 5.82 Å². The van der Waals surface area contributed by atoms with Crippen LogP contribution >= 0.6 is 0 Å². The van der Waals surface area contributed by atoms with Crippen molar-refractivity contribution in [3.63, 3.8) is 0 Å². The molecule has 2 N–H and O–H groups in total. The lowest BCUT2D eigenvalue weighted by Gasteiger charge is -2.10. The van der Waals surface area contributed by atoms with Gasteiger partial charge in [0, 0.05) is 6.42 Å². The van der Waals surface area contributed by atoms with Crippen molar-refractivity contribution in [1.29, 1.82) is 0 Å². The highest BCUT2D eigenvalue weighted by Gasteiger charge is 2.14. The lowest BCUT2D eigenvalue weighted by Crippen LogP contribution is -2.16. The van der Waals surface area contributed by atoms with E-state index < -0.39 is 10.0 Å². The summed E-state index contributed by atoms with van der Waals surface area (Å²) in [6, 6.07) is 16.3. The summed E-state index contributed by atoms with van der Waals surface area (Å²) in [6.07, 6.45) is 0.629. The molecule has 8 heteroatoms. The van der Waals surface area contributed by atoms with Gasteiger partial charge in [-0.05, 0) is 43.9 Å². The van der Waals surface area contributed by atoms with Gasteiger partial charge in [-0.1, -0.05) is 30.3 Å². The molecule has 136 valence electrons. The van der Waals surface area contributed by atoms with Crippen molar-refractivity contribution >= 4 is 10.0 Å². The smallest absolute Gasteiger partial charge is 0.238 e. The average molecular weight is 371 g/mol. The van der Waals surface area contributed by atoms with Crippen LogP contribution in [-0.4, -0.2) is 42.2 Å². The van der Waals surface area contributed by atoms with Crippen LogP contribution in [0.25, 0.3) is 5.69 Å². The molecule has 0 amide bonds. The number of sulfonamides is 1. The SMILES string of the molecule is CN(C)Cc1nc(Cc2ccccc2)nn1-c1ccc(S(N)(=O)=O)cc1. The Morgan fingerprint density at radius 2 is 1.69 bits per heavy atom. The second kappa shape index (κ2) is 7.36. The molecule has 0 unspecified atom stereocenters. The Kier molecular flexibility index (Phi) is 5.17. The van der Waals surface area contributed by atoms with Crippen LogP contribution in [0.15, 0.2) is 59.5 Å². The van der Waals surface area contributed by atoms with Gasteiger partial charge in [-0.2, -0.15) is 5.10 Å². The summed E-state index contributed by atoms with van der Waals surface area (Å²) in [4.78, 5) is 6.74. The molecule has 0 aliphatic heterocycles. The molecule has 3 aromatic rings. The van der Waals surface area contributed by atoms with Crippen molar-refractivity contribution in [2.75, 3.05) is 14.1 Å². The molecule has 0 spiro atoms. The van der Waals surface area contributed by atoms with E-state index in [2.05, 4.69) is 10.1 Å². The van der Waals surface area contributed by atoms with E-state index in [0.29, 0.717) is 18.8 Å². The van der Waals surface area contributed by atoms with Crippen LogP contribution in [0.2, 0.25) is 0 Å². The molecule has 0 saturated heterocycles. The van der Waals surface area contributed by atoms with Crippen molar-refractivity contribution in [3.8, 4) is 5.69 Å². The van der Waals surface area contributed by atoms with E-state index in [4.69, 9.17) is 5.14 Å². The zero-order valence-corrected chi connectivity index (χ0v) is 15.5. The summed E-state index contributed by atoms with van der Waals surface area (Å²) in [5.41, 5.74) is 1.87. The Hall–Kier alpha value is -2.55. The van der Waals surface area contributed by atoms with Gasteiger partial charge in [-0.25, -0.2) is 23.2 Å². The van der Waals surface area contributed by atoms with Crippen molar-refractivity contribution in [3.05, 3.63) is 71.8 Å². The highest BCUT2D eigenvalue weighted by molar-refractivity contribution is 7.89. The fourth-order valence-corrected chi connectivity index (χ4v) is 3.13. The van der Waals surface area contributed by atoms with Crippen LogP contribution in [0.4, 0.5) is 0 Å². The van der Waals surface area contributed by atoms with Crippen LogP contribution < -0.4 is 5.14 Å². The Labute approximate surface area is 153 Å². The first-order chi connectivity index (χ1) is 12.3. The summed E-state index contributed by atoms with van der Waals surface area (Å²) in [5, 5.41) is 9.78. The summed E-state index contributed by atoms with van der Waals surface area (Å²) in [7, 11) is 0.197. The third-order valence-corrected chi connectivity index (χ3v) is 4.72. The third kappa shape index (κ3) is 4.34. The highest BCUT2D eigenvalue weighted by Crippen LogP contribution is 2.16. The summed E-state index contributed by atoms with van der Waals surface area (Å²) in [5.74, 6) is 1.49. The number of rotatable bonds is 6. The highest BCUT2D eigenvalue weighted by atomic mass is 32.2. The molecular weight excluding hydrogens is 350 g/mol. The van der Waals surface area contributed by atoms with Crippen molar-refractivity contribution in [1.82, 2.24) is 19.7 Å². The fraction of sp³-hybridized carbons (Fsp3) is 0.222. The first-order valence-electron chi connectivity index (χ1n) is 8.09. The van der Waals surface area contributed by atoms with Crippen molar-refractivity contribution in [2.24, 2.45) is 5.14 Å². The van der Waals surface area contributed by atoms with E-state index in [-0.39, 0.29) is 4.90 Å². The molecule has 1 aromatic heterocycles. The van der Waals surface area contributed by atoms with E-state index in [1.54, 1.807) is 16.8 Å². The van der Waals surface area contributed by atoms with E-state index in [1.807, 2.05) is 49.3 Å². The van der Waals surface area contributed by atoms with Crippen LogP contribution in [0, 0.1) is 0 Å². The minimum absolute atomic E-state index is 0.0695. The predicted octanol–water partition coefficient (Wildman–Crippen LogP) is 1.57. The van der Waals surface area contributed by atoms with Crippen molar-refractivity contribution in [2.45, 2.75) is 17.9 Å². The van der Waals surface area contributed by atoms with Gasteiger partial charge in [-0.15, -0.1) is 0 Å². The molecule has 26 heavy (non-hydrogen) atoms. The molecule has 3 rings (SSSR count). The number of hydrogen-bond acceptors (Lipinski definition) is 5. The van der Waals surface area contributed by atoms with Gasteiger partial charge >= 0.3 is 0 Å². The first kappa shape index (κ1) is 18.2. The maximum Gasteiger partial charge on any atom is 0.238 e. The molecule has 0 atom stereocenters. The molecule has 0 bridgehead atoms. The lowest BCUT2D eigenvalue weighted by atomic mass is 10.1. The van der Waals surface area contributed by atoms with Gasteiger partial charge in [0.15, 0.2) is 5.82 Å². The quantitative estimate of drug-likeness (QED) is 0.710. The zero-order chi connectivity index (χ0) is 18.7. The molecule has 0 aliphatic rings. The van der Waals surface area contributed by atoms with Gasteiger partial charge in [0.05, 0.1) is 17.1 Å². The molecule has 0 aliphatic carbocycles. The molecule has 1 heterocycles. The molecule has 2 aromatic carbocycles. The second-order valence-electron chi connectivity index (χ2n) is 6.30. The summed E-state index contributed by atoms with van der Waals surface area (Å²) >= 11 is 0. The topological polar surface area (TPSA) is 94.1 Å². The summed E-state index contributed by atoms with van der Waals surface area (Å²) in [6.45, 7) is 0.610. The fourth-order valence-electron chi connectivity index (χ4n) is 2.61. The van der Waals surface area contributed by atoms with E-state index in [1.165, 1.54) is 12.1 Å². The number of aromatic nitrogens is 3. The molecule has 0 fully saturated rings. The first-order valence-corrected chi connectivity index (χ1v) is 9.64. The molecular formula is C18H21N5O2S. The van der Waals surface area contributed by atoms with E-state index >= 15 is 0 Å². The number of primary sulfonamides is 1. The Bertz CT molecular complexity index is 980. The average Bonchev–Trinajstić information content (AvgIpc) is 2.96. The third-order valence-electron chi connectivity index (χ3n) is 3.79. The minimum atomic E-state index is -3.72. The standard InChI is InChI=1S/C18H21N5O2S/c1-22(2)13-18-20-17(12-14-6-4-3-5-7-14)21-23(18)15-8-10-16(11-9-15)26(19,24)25/h3-11H,12-13H2,1-2H3,(H2,19,24,25). The Morgan fingerprint density at radius 3 is 2.27 bits per heavy atom. The number of hydrogen-bond donors (Lipinski definition) is 1. The maximum absolute atomic E-state index is 11.4. The minimum Gasteiger partial charge on any atom is -0.302 e. The van der Waals surface area contributed by atoms with Crippen molar-refractivity contribution < 1.29 is 8.42 Å². The number of nitrogens with zero attached hydrogens (tertiary/aromatic N) is 4. The molecule has 7 nitrogen and oxygen atoms in total. The number of benzene rings is 2. The largest absolute Gasteiger partial charge is 0.302 e. The van der Waals surface area contributed by atoms with Crippen LogP contribution in [0.1, 0.15) is 17.2 Å². The van der Waals surface area contributed by atoms with Gasteiger partial charge in [0.2, 0.25) is 10.0 Å². The van der Waals surface area contributed by atoms with Crippen LogP contribution in [0.3, 0.4) is 0 Å². The van der Waals surface area contributed by atoms with Crippen LogP contribution in [-0.2, 0) is 23.0 Å². The van der Waals surface area contributed by atoms with E-state index in [0.717, 1.165) is 17.1 Å². The normalized spacial score (nSPS) is 11.8. The Balaban J connectivity index is 1.96. The molecule has 0 radical (unpaired) electrons. The van der Waals surface area contributed by atoms with Gasteiger partial charge in [-0.3, -0.25) is 0 Å². The zero-order valence-electron chi connectivity index (χ0n) is 14.7. The predicted molar refractivity (Wildman–Crippen MR) is 99.4 cm³/mol. The summed E-state index contributed by atoms with van der Waals surface area (Å²) < 4.78 is 24.6. The molecule has 0 saturated carbocycles. The van der Waals surface area contributed by atoms with Crippen LogP contribution in [0.5, 0.6) is 0 Å².